The minimum atomic E-state index is -0.822. The van der Waals surface area contributed by atoms with E-state index < -0.39 is 6.10 Å². The minimum absolute atomic E-state index is 0.110. The van der Waals surface area contributed by atoms with Crippen LogP contribution in [0, 0.1) is 0 Å². The number of hydrogen-bond donors (Lipinski definition) is 0. The van der Waals surface area contributed by atoms with Gasteiger partial charge in [0.1, 0.15) is 13.2 Å². The van der Waals surface area contributed by atoms with Gasteiger partial charge >= 0.3 is 17.9 Å². The molecule has 0 saturated heterocycles. The first kappa shape index (κ1) is 73.3. The maximum atomic E-state index is 12.9. The second-order valence-corrected chi connectivity index (χ2v) is 20.6. The highest BCUT2D eigenvalue weighted by Gasteiger charge is 2.19. The van der Waals surface area contributed by atoms with Crippen molar-refractivity contribution in [2.24, 2.45) is 0 Å². The summed E-state index contributed by atoms with van der Waals surface area (Å²) in [5.41, 5.74) is 0. The lowest BCUT2D eigenvalue weighted by molar-refractivity contribution is -0.167. The second-order valence-electron chi connectivity index (χ2n) is 20.6. The zero-order valence-electron chi connectivity index (χ0n) is 50.4. The van der Waals surface area contributed by atoms with Crippen molar-refractivity contribution in [2.75, 3.05) is 13.2 Å². The molecule has 0 fully saturated rings. The fraction of sp³-hybridized carbons (Fsp3) is 0.625. The largest absolute Gasteiger partial charge is 0.462 e. The van der Waals surface area contributed by atoms with E-state index in [1.54, 1.807) is 0 Å². The van der Waals surface area contributed by atoms with Crippen LogP contribution in [0.1, 0.15) is 271 Å². The SMILES string of the molecule is CC/C=C\C/C=C\C/C=C\C/C=C\C/C=C\C/C=C\C/C=C\CCCCCCCC(=O)OCC(COC(=O)CCCCCCCCCCCCCCCCCC)OC(=O)CCC/C=C\C/C=C\C/C=C\C/C=C\C/C=C\CC. The van der Waals surface area contributed by atoms with Crippen LogP contribution < -0.4 is 0 Å². The number of carbonyl (C=O) groups excluding carboxylic acids is 3. The predicted octanol–water partition coefficient (Wildman–Crippen LogP) is 21.9. The molecule has 0 aliphatic rings. The third kappa shape index (κ3) is 62.1. The molecule has 0 aromatic carbocycles. The van der Waals surface area contributed by atoms with Crippen molar-refractivity contribution < 1.29 is 28.6 Å². The number of hydrogen-bond acceptors (Lipinski definition) is 6. The van der Waals surface area contributed by atoms with Gasteiger partial charge in [-0.15, -0.1) is 0 Å². The van der Waals surface area contributed by atoms with Gasteiger partial charge in [-0.05, 0) is 116 Å². The van der Waals surface area contributed by atoms with Crippen molar-refractivity contribution in [1.29, 1.82) is 0 Å². The Morgan fingerprint density at radius 2 is 0.513 bits per heavy atom. The number of carbonyl (C=O) groups is 3. The molecule has 0 aromatic heterocycles. The van der Waals surface area contributed by atoms with Crippen molar-refractivity contribution >= 4 is 17.9 Å². The number of rotatable bonds is 56. The number of ether oxygens (including phenoxy) is 3. The van der Waals surface area contributed by atoms with Gasteiger partial charge < -0.3 is 14.2 Å². The lowest BCUT2D eigenvalue weighted by atomic mass is 10.0. The van der Waals surface area contributed by atoms with E-state index in [0.717, 1.165) is 141 Å². The van der Waals surface area contributed by atoms with Crippen molar-refractivity contribution in [1.82, 2.24) is 0 Å². The summed E-state index contributed by atoms with van der Waals surface area (Å²) in [6.07, 6.45) is 92.8. The molecular formula is C72H116O6. The van der Waals surface area contributed by atoms with E-state index in [0.29, 0.717) is 19.3 Å². The van der Waals surface area contributed by atoms with Crippen molar-refractivity contribution in [3.8, 4) is 0 Å². The maximum Gasteiger partial charge on any atom is 0.306 e. The molecule has 0 aliphatic heterocycles. The van der Waals surface area contributed by atoms with Crippen molar-refractivity contribution in [2.45, 2.75) is 277 Å². The molecule has 0 bridgehead atoms. The van der Waals surface area contributed by atoms with Crippen LogP contribution in [0.25, 0.3) is 0 Å². The third-order valence-electron chi connectivity index (χ3n) is 13.1. The van der Waals surface area contributed by atoms with Crippen molar-refractivity contribution in [3.63, 3.8) is 0 Å². The van der Waals surface area contributed by atoms with Gasteiger partial charge in [0.05, 0.1) is 0 Å². The Morgan fingerprint density at radius 3 is 0.821 bits per heavy atom. The quantitative estimate of drug-likeness (QED) is 0.0261. The maximum absolute atomic E-state index is 12.9. The molecule has 6 heteroatoms. The van der Waals surface area contributed by atoms with Gasteiger partial charge in [0.2, 0.25) is 0 Å². The van der Waals surface area contributed by atoms with Crippen molar-refractivity contribution in [3.05, 3.63) is 146 Å². The van der Waals surface area contributed by atoms with Gasteiger partial charge in [0, 0.05) is 19.3 Å². The molecule has 0 amide bonds. The third-order valence-corrected chi connectivity index (χ3v) is 13.1. The normalized spacial score (nSPS) is 13.1. The van der Waals surface area contributed by atoms with Crippen LogP contribution in [-0.2, 0) is 28.6 Å². The number of esters is 3. The second kappa shape index (κ2) is 64.8. The Bertz CT molecular complexity index is 1710. The first-order valence-electron chi connectivity index (χ1n) is 31.8. The van der Waals surface area contributed by atoms with Gasteiger partial charge in [-0.1, -0.05) is 282 Å². The fourth-order valence-electron chi connectivity index (χ4n) is 8.40. The summed E-state index contributed by atoms with van der Waals surface area (Å²) < 4.78 is 16.9. The first-order valence-corrected chi connectivity index (χ1v) is 31.8. The summed E-state index contributed by atoms with van der Waals surface area (Å²) in [4.78, 5) is 38.3. The van der Waals surface area contributed by atoms with Gasteiger partial charge in [0.15, 0.2) is 6.10 Å². The van der Waals surface area contributed by atoms with Crippen LogP contribution in [-0.4, -0.2) is 37.2 Å². The molecule has 6 nitrogen and oxygen atoms in total. The highest BCUT2D eigenvalue weighted by Crippen LogP contribution is 2.15. The highest BCUT2D eigenvalue weighted by molar-refractivity contribution is 5.71. The fourth-order valence-corrected chi connectivity index (χ4v) is 8.40. The van der Waals surface area contributed by atoms with Gasteiger partial charge in [-0.25, -0.2) is 0 Å². The summed E-state index contributed by atoms with van der Waals surface area (Å²) >= 11 is 0. The molecule has 0 spiro atoms. The minimum Gasteiger partial charge on any atom is -0.462 e. The Labute approximate surface area is 480 Å². The lowest BCUT2D eigenvalue weighted by Crippen LogP contribution is -2.30. The predicted molar refractivity (Wildman–Crippen MR) is 339 cm³/mol. The first-order chi connectivity index (χ1) is 38.5. The molecule has 0 saturated carbocycles. The summed E-state index contributed by atoms with van der Waals surface area (Å²) in [5.74, 6) is -0.987. The molecule has 440 valence electrons. The summed E-state index contributed by atoms with van der Waals surface area (Å²) in [5, 5.41) is 0. The van der Waals surface area contributed by atoms with E-state index in [1.807, 2.05) is 0 Å². The lowest BCUT2D eigenvalue weighted by Gasteiger charge is -2.18. The summed E-state index contributed by atoms with van der Waals surface area (Å²) in [7, 11) is 0. The molecule has 0 aromatic rings. The molecule has 1 unspecified atom stereocenters. The van der Waals surface area contributed by atoms with E-state index in [2.05, 4.69) is 167 Å². The summed E-state index contributed by atoms with van der Waals surface area (Å²) in [6, 6.07) is 0. The van der Waals surface area contributed by atoms with E-state index in [-0.39, 0.29) is 37.5 Å². The number of unbranched alkanes of at least 4 members (excludes halogenated alkanes) is 21. The molecule has 0 aliphatic carbocycles. The Kier molecular flexibility index (Phi) is 60.9. The molecular weight excluding hydrogens is 961 g/mol. The molecule has 0 heterocycles. The van der Waals surface area contributed by atoms with Gasteiger partial charge in [0.25, 0.3) is 0 Å². The van der Waals surface area contributed by atoms with Crippen LogP contribution in [0.4, 0.5) is 0 Å². The summed E-state index contributed by atoms with van der Waals surface area (Å²) in [6.45, 7) is 6.36. The highest BCUT2D eigenvalue weighted by atomic mass is 16.6. The molecule has 78 heavy (non-hydrogen) atoms. The average molecular weight is 1080 g/mol. The van der Waals surface area contributed by atoms with Crippen LogP contribution in [0.15, 0.2) is 146 Å². The van der Waals surface area contributed by atoms with E-state index >= 15 is 0 Å². The van der Waals surface area contributed by atoms with E-state index in [4.69, 9.17) is 14.2 Å². The number of allylic oxidation sites excluding steroid dienone is 24. The van der Waals surface area contributed by atoms with Gasteiger partial charge in [-0.2, -0.15) is 0 Å². The molecule has 1 atom stereocenters. The zero-order valence-corrected chi connectivity index (χ0v) is 50.4. The smallest absolute Gasteiger partial charge is 0.306 e. The van der Waals surface area contributed by atoms with Crippen LogP contribution in [0.5, 0.6) is 0 Å². The molecule has 0 rings (SSSR count). The standard InChI is InChI=1S/C72H116O6/c1-4-7-10-13-16-19-22-25-28-31-32-33-34-35-36-37-38-39-40-42-44-47-50-53-56-59-62-65-71(74)77-68-69(67-76-70(73)64-61-58-55-52-49-46-43-30-27-24-21-18-15-12-9-6-3)78-72(75)66-63-60-57-54-51-48-45-41-29-26-23-20-17-14-11-8-5-2/h7-8,10-11,16-17,19-20,25-26,28-29,32-33,35-36,38-39,42,44-45,48,54,57,69H,4-6,9,12-15,18,21-24,27,30-31,34,37,40-41,43,46-47,49-53,55-56,58-68H2,1-3H3/b10-7-,11-8-,19-16-,20-17-,28-25-,29-26-,33-32-,36-35-,39-38-,44-42-,48-45-,57-54-. The van der Waals surface area contributed by atoms with E-state index in [9.17, 15) is 14.4 Å². The molecule has 0 radical (unpaired) electrons. The molecule has 0 N–H and O–H groups in total. The van der Waals surface area contributed by atoms with Crippen LogP contribution >= 0.6 is 0 Å². The zero-order chi connectivity index (χ0) is 56.4. The van der Waals surface area contributed by atoms with Crippen LogP contribution in [0.2, 0.25) is 0 Å². The average Bonchev–Trinajstić information content (AvgIpc) is 3.44. The Hall–Kier alpha value is -4.71. The Morgan fingerprint density at radius 1 is 0.269 bits per heavy atom. The van der Waals surface area contributed by atoms with E-state index in [1.165, 1.54) is 83.5 Å². The van der Waals surface area contributed by atoms with Gasteiger partial charge in [-0.3, -0.25) is 14.4 Å². The van der Waals surface area contributed by atoms with Crippen LogP contribution in [0.3, 0.4) is 0 Å². The Balaban J connectivity index is 4.47. The topological polar surface area (TPSA) is 78.9 Å². The monoisotopic (exact) mass is 1080 g/mol.